The maximum absolute atomic E-state index is 6.84. The van der Waals surface area contributed by atoms with E-state index in [1.165, 1.54) is 60.4 Å². The van der Waals surface area contributed by atoms with Gasteiger partial charge in [-0.05, 0) is 95.6 Å². The predicted octanol–water partition coefficient (Wildman–Crippen LogP) is 8.68. The highest BCUT2D eigenvalue weighted by molar-refractivity contribution is 5.96. The molecule has 2 bridgehead atoms. The molecule has 0 saturated heterocycles. The van der Waals surface area contributed by atoms with Crippen molar-refractivity contribution in [1.29, 1.82) is 0 Å². The molecule has 8 unspecified atom stereocenters. The van der Waals surface area contributed by atoms with Gasteiger partial charge in [0.15, 0.2) is 0 Å². The topological polar surface area (TPSA) is 18.5 Å². The second-order valence-electron chi connectivity index (χ2n) is 13.3. The zero-order chi connectivity index (χ0) is 23.8. The largest absolute Gasteiger partial charge is 0.464 e. The van der Waals surface area contributed by atoms with Crippen LogP contribution in [0.1, 0.15) is 103 Å². The van der Waals surface area contributed by atoms with E-state index in [-0.39, 0.29) is 11.7 Å². The van der Waals surface area contributed by atoms with Gasteiger partial charge in [-0.1, -0.05) is 72.2 Å². The van der Waals surface area contributed by atoms with Crippen molar-refractivity contribution >= 4 is 10.8 Å². The highest BCUT2D eigenvalue weighted by atomic mass is 16.7. The smallest absolute Gasteiger partial charge is 0.202 e. The molecule has 0 aliphatic heterocycles. The lowest BCUT2D eigenvalue weighted by molar-refractivity contribution is -0.162. The fourth-order valence-electron chi connectivity index (χ4n) is 8.81. The number of ether oxygens (including phenoxy) is 2. The minimum Gasteiger partial charge on any atom is -0.464 e. The molecule has 2 aromatic rings. The molecule has 0 spiro atoms. The third-order valence-corrected chi connectivity index (χ3v) is 10.0. The molecule has 3 saturated carbocycles. The van der Waals surface area contributed by atoms with Crippen LogP contribution in [0.15, 0.2) is 30.3 Å². The maximum Gasteiger partial charge on any atom is 0.202 e. The van der Waals surface area contributed by atoms with Crippen LogP contribution in [-0.2, 0) is 4.74 Å². The Morgan fingerprint density at radius 1 is 0.941 bits per heavy atom. The molecule has 2 nitrogen and oxygen atoms in total. The van der Waals surface area contributed by atoms with Crippen molar-refractivity contribution in [2.75, 3.05) is 0 Å². The molecule has 0 amide bonds. The first kappa shape index (κ1) is 22.9. The van der Waals surface area contributed by atoms with Crippen molar-refractivity contribution in [1.82, 2.24) is 0 Å². The minimum atomic E-state index is -0.178. The summed E-state index contributed by atoms with van der Waals surface area (Å²) >= 11 is 0. The molecular weight excluding hydrogens is 416 g/mol. The first-order chi connectivity index (χ1) is 16.3. The lowest BCUT2D eigenvalue weighted by atomic mass is 9.71. The highest BCUT2D eigenvalue weighted by Crippen LogP contribution is 2.60. The second kappa shape index (κ2) is 8.26. The van der Waals surface area contributed by atoms with E-state index in [0.717, 1.165) is 29.4 Å². The van der Waals surface area contributed by atoms with E-state index in [4.69, 9.17) is 9.47 Å². The average Bonchev–Trinajstić information content (AvgIpc) is 3.54. The zero-order valence-corrected chi connectivity index (χ0v) is 22.1. The van der Waals surface area contributed by atoms with Crippen LogP contribution in [0.2, 0.25) is 0 Å². The number of hydrogen-bond donors (Lipinski definition) is 0. The molecule has 2 aromatic carbocycles. The van der Waals surface area contributed by atoms with Crippen LogP contribution in [0.3, 0.4) is 0 Å². The molecular formula is C32H44O2. The summed E-state index contributed by atoms with van der Waals surface area (Å²) in [5.41, 5.74) is 3.26. The van der Waals surface area contributed by atoms with Crippen LogP contribution >= 0.6 is 0 Å². The fraction of sp³-hybridized carbons (Fsp3) is 0.688. The maximum atomic E-state index is 6.84. The quantitative estimate of drug-likeness (QED) is 0.401. The summed E-state index contributed by atoms with van der Waals surface area (Å²) in [4.78, 5) is 0. The van der Waals surface area contributed by atoms with E-state index in [2.05, 4.69) is 71.9 Å². The predicted molar refractivity (Wildman–Crippen MR) is 140 cm³/mol. The summed E-state index contributed by atoms with van der Waals surface area (Å²) in [6.07, 6.45) is 8.39. The van der Waals surface area contributed by atoms with Crippen LogP contribution in [0.4, 0.5) is 0 Å². The lowest BCUT2D eigenvalue weighted by Crippen LogP contribution is -2.37. The molecule has 0 heterocycles. The van der Waals surface area contributed by atoms with Crippen molar-refractivity contribution in [2.24, 2.45) is 35.0 Å². The number of rotatable bonds is 6. The minimum absolute atomic E-state index is 0.178. The number of hydrogen-bond acceptors (Lipinski definition) is 2. The van der Waals surface area contributed by atoms with Crippen LogP contribution in [0.5, 0.6) is 5.75 Å². The van der Waals surface area contributed by atoms with Crippen molar-refractivity contribution in [2.45, 2.75) is 104 Å². The van der Waals surface area contributed by atoms with E-state index in [1.807, 2.05) is 0 Å². The van der Waals surface area contributed by atoms with Crippen molar-refractivity contribution in [3.05, 3.63) is 41.5 Å². The summed E-state index contributed by atoms with van der Waals surface area (Å²) in [6.45, 7) is 14.0. The van der Waals surface area contributed by atoms with Gasteiger partial charge in [-0.2, -0.15) is 0 Å². The number of fused-ring (bicyclic) bond motifs is 5. The molecule has 3 fully saturated rings. The van der Waals surface area contributed by atoms with Crippen molar-refractivity contribution in [3.63, 3.8) is 0 Å². The van der Waals surface area contributed by atoms with Gasteiger partial charge in [-0.25, -0.2) is 0 Å². The Balaban J connectivity index is 1.30. The SMILES string of the molecule is CCC1c2cccc3c(OC(OC4CC5CC4C4CCCC54)C(C)C)ccc(c23)C1C(C)(C)C. The van der Waals surface area contributed by atoms with Gasteiger partial charge in [0.1, 0.15) is 5.75 Å². The zero-order valence-electron chi connectivity index (χ0n) is 22.1. The number of benzene rings is 2. The molecule has 6 rings (SSSR count). The van der Waals surface area contributed by atoms with E-state index in [1.54, 1.807) is 0 Å². The molecule has 0 N–H and O–H groups in total. The highest BCUT2D eigenvalue weighted by Gasteiger charge is 2.55. The van der Waals surface area contributed by atoms with Crippen molar-refractivity contribution < 1.29 is 9.47 Å². The lowest BCUT2D eigenvalue weighted by Gasteiger charge is -2.35. The summed E-state index contributed by atoms with van der Waals surface area (Å²) in [7, 11) is 0. The van der Waals surface area contributed by atoms with Gasteiger partial charge < -0.3 is 9.47 Å². The molecule has 0 aromatic heterocycles. The van der Waals surface area contributed by atoms with Crippen LogP contribution in [0.25, 0.3) is 10.8 Å². The van der Waals surface area contributed by atoms with E-state index >= 15 is 0 Å². The van der Waals surface area contributed by atoms with Crippen LogP contribution < -0.4 is 4.74 Å². The third kappa shape index (κ3) is 3.46. The van der Waals surface area contributed by atoms with Gasteiger partial charge in [-0.15, -0.1) is 0 Å². The Bertz CT molecular complexity index is 1060. The second-order valence-corrected chi connectivity index (χ2v) is 13.3. The molecule has 0 radical (unpaired) electrons. The van der Waals surface area contributed by atoms with E-state index in [9.17, 15) is 0 Å². The summed E-state index contributed by atoms with van der Waals surface area (Å²) in [6, 6.07) is 11.5. The third-order valence-electron chi connectivity index (χ3n) is 10.0. The van der Waals surface area contributed by atoms with Gasteiger partial charge in [0, 0.05) is 11.3 Å². The molecule has 4 aliphatic carbocycles. The Labute approximate surface area is 206 Å². The fourth-order valence-corrected chi connectivity index (χ4v) is 8.81. The van der Waals surface area contributed by atoms with Gasteiger partial charge in [0.25, 0.3) is 0 Å². The van der Waals surface area contributed by atoms with Gasteiger partial charge in [0.2, 0.25) is 6.29 Å². The first-order valence-corrected chi connectivity index (χ1v) is 14.2. The Hall–Kier alpha value is -1.54. The monoisotopic (exact) mass is 460 g/mol. The Morgan fingerprint density at radius 3 is 2.47 bits per heavy atom. The molecule has 4 aliphatic rings. The van der Waals surface area contributed by atoms with Crippen LogP contribution in [0, 0.1) is 35.0 Å². The molecule has 184 valence electrons. The molecule has 8 atom stereocenters. The van der Waals surface area contributed by atoms with Crippen molar-refractivity contribution in [3.8, 4) is 5.75 Å². The summed E-state index contributed by atoms with van der Waals surface area (Å²) in [5.74, 6) is 6.07. The molecule has 34 heavy (non-hydrogen) atoms. The van der Waals surface area contributed by atoms with Gasteiger partial charge in [-0.3, -0.25) is 0 Å². The Kier molecular flexibility index (Phi) is 5.56. The normalized spacial score (nSPS) is 34.9. The van der Waals surface area contributed by atoms with E-state index in [0.29, 0.717) is 23.9 Å². The Morgan fingerprint density at radius 2 is 1.74 bits per heavy atom. The average molecular weight is 461 g/mol. The standard InChI is InChI=1S/C32H44O2/c1-7-20-23-12-9-13-24-27(15-14-25(29(23)24)30(20)32(4,5)6)33-31(18(2)3)34-28-17-19-16-26(28)22-11-8-10-21(19)22/h9,12-15,18-22,26,28,30-31H,7-8,10-11,16-17H2,1-6H3. The first-order valence-electron chi connectivity index (χ1n) is 14.2. The van der Waals surface area contributed by atoms with Gasteiger partial charge in [0.05, 0.1) is 6.10 Å². The van der Waals surface area contributed by atoms with Gasteiger partial charge >= 0.3 is 0 Å². The van der Waals surface area contributed by atoms with E-state index < -0.39 is 0 Å². The van der Waals surface area contributed by atoms with Crippen LogP contribution in [-0.4, -0.2) is 12.4 Å². The summed E-state index contributed by atoms with van der Waals surface area (Å²) in [5, 5.41) is 2.72. The molecule has 2 heteroatoms. The summed E-state index contributed by atoms with van der Waals surface area (Å²) < 4.78 is 13.6.